The molecule has 0 spiro atoms. The van der Waals surface area contributed by atoms with Crippen molar-refractivity contribution in [2.24, 2.45) is 7.05 Å². The summed E-state index contributed by atoms with van der Waals surface area (Å²) in [5.74, 6) is -5.15. The van der Waals surface area contributed by atoms with Crippen LogP contribution in [-0.2, 0) is 17.1 Å². The van der Waals surface area contributed by atoms with Crippen molar-refractivity contribution in [1.29, 1.82) is 0 Å². The third-order valence-electron chi connectivity index (χ3n) is 2.44. The predicted octanol–water partition coefficient (Wildman–Crippen LogP) is 1.22. The fraction of sp³-hybridized carbons (Fsp3) is 0.100. The van der Waals surface area contributed by atoms with Crippen LogP contribution in [0.1, 0.15) is 0 Å². The summed E-state index contributed by atoms with van der Waals surface area (Å²) < 4.78 is 66.2. The molecule has 6 nitrogen and oxygen atoms in total. The summed E-state index contributed by atoms with van der Waals surface area (Å²) in [4.78, 5) is 3.57. The van der Waals surface area contributed by atoms with Gasteiger partial charge in [-0.15, -0.1) is 0 Å². The number of nitrogens with two attached hydrogens (primary N) is 1. The number of halogens is 3. The van der Waals surface area contributed by atoms with E-state index in [0.29, 0.717) is 6.07 Å². The molecule has 0 radical (unpaired) electrons. The van der Waals surface area contributed by atoms with Crippen molar-refractivity contribution in [1.82, 2.24) is 9.55 Å². The molecule has 0 saturated carbocycles. The van der Waals surface area contributed by atoms with E-state index in [9.17, 15) is 21.6 Å². The molecule has 2 aromatic rings. The molecule has 0 aliphatic rings. The number of rotatable bonds is 3. The monoisotopic (exact) mass is 306 g/mol. The Bertz CT molecular complexity index is 754. The SMILES string of the molecule is Cn1cnc(N)c1S(=O)(=O)Nc1ccc(F)c(F)c1F. The van der Waals surface area contributed by atoms with Crippen molar-refractivity contribution in [3.05, 3.63) is 35.9 Å². The van der Waals surface area contributed by atoms with E-state index in [0.717, 1.165) is 17.0 Å². The Labute approximate surface area is 112 Å². The van der Waals surface area contributed by atoms with Gasteiger partial charge in [-0.25, -0.2) is 18.2 Å². The summed E-state index contributed by atoms with van der Waals surface area (Å²) in [5, 5.41) is -0.415. The van der Waals surface area contributed by atoms with Gasteiger partial charge in [-0.05, 0) is 12.1 Å². The van der Waals surface area contributed by atoms with Crippen molar-refractivity contribution in [3.8, 4) is 0 Å². The number of nitrogen functional groups attached to an aromatic ring is 1. The smallest absolute Gasteiger partial charge is 0.281 e. The van der Waals surface area contributed by atoms with Crippen molar-refractivity contribution < 1.29 is 21.6 Å². The fourth-order valence-electron chi connectivity index (χ4n) is 1.56. The molecule has 108 valence electrons. The van der Waals surface area contributed by atoms with Crippen LogP contribution < -0.4 is 10.5 Å². The maximum atomic E-state index is 13.4. The molecule has 0 aliphatic carbocycles. The van der Waals surface area contributed by atoms with Crippen LogP contribution in [0, 0.1) is 17.5 Å². The van der Waals surface area contributed by atoms with Gasteiger partial charge < -0.3 is 10.3 Å². The maximum Gasteiger partial charge on any atom is 0.281 e. The molecule has 2 rings (SSSR count). The first-order valence-electron chi connectivity index (χ1n) is 5.17. The Hall–Kier alpha value is -2.23. The molecule has 0 saturated heterocycles. The highest BCUT2D eigenvalue weighted by molar-refractivity contribution is 7.92. The Morgan fingerprint density at radius 1 is 1.25 bits per heavy atom. The molecule has 0 bridgehead atoms. The number of hydrogen-bond donors (Lipinski definition) is 2. The van der Waals surface area contributed by atoms with Crippen molar-refractivity contribution >= 4 is 21.5 Å². The molecule has 10 heteroatoms. The molecule has 3 N–H and O–H groups in total. The summed E-state index contributed by atoms with van der Waals surface area (Å²) in [7, 11) is -2.93. The van der Waals surface area contributed by atoms with Crippen LogP contribution >= 0.6 is 0 Å². The first-order chi connectivity index (χ1) is 9.24. The quantitative estimate of drug-likeness (QED) is 0.834. The van der Waals surface area contributed by atoms with Crippen molar-refractivity contribution in [3.63, 3.8) is 0 Å². The molecule has 1 aromatic carbocycles. The normalized spacial score (nSPS) is 11.6. The largest absolute Gasteiger partial charge is 0.381 e. The molecule has 0 fully saturated rings. The van der Waals surface area contributed by atoms with E-state index in [1.165, 1.54) is 7.05 Å². The van der Waals surface area contributed by atoms with Crippen LogP contribution in [0.25, 0.3) is 0 Å². The second-order valence-corrected chi connectivity index (χ2v) is 5.47. The van der Waals surface area contributed by atoms with E-state index in [1.54, 1.807) is 4.72 Å². The summed E-state index contributed by atoms with van der Waals surface area (Å²) in [6, 6.07) is 1.36. The van der Waals surface area contributed by atoms with Gasteiger partial charge in [0, 0.05) is 7.05 Å². The van der Waals surface area contributed by atoms with Gasteiger partial charge in [0.25, 0.3) is 10.0 Å². The second-order valence-electron chi connectivity index (χ2n) is 3.87. The Morgan fingerprint density at radius 2 is 1.90 bits per heavy atom. The Kier molecular flexibility index (Phi) is 3.34. The average molecular weight is 306 g/mol. The minimum atomic E-state index is -4.29. The number of anilines is 2. The average Bonchev–Trinajstić information content (AvgIpc) is 2.70. The minimum Gasteiger partial charge on any atom is -0.381 e. The van der Waals surface area contributed by atoms with Crippen LogP contribution in [0.2, 0.25) is 0 Å². The molecule has 0 atom stereocenters. The number of aryl methyl sites for hydroxylation is 1. The van der Waals surface area contributed by atoms with Gasteiger partial charge in [-0.2, -0.15) is 8.42 Å². The lowest BCUT2D eigenvalue weighted by atomic mass is 10.3. The molecule has 0 unspecified atom stereocenters. The lowest BCUT2D eigenvalue weighted by molar-refractivity contribution is 0.449. The van der Waals surface area contributed by atoms with E-state index in [-0.39, 0.29) is 5.82 Å². The van der Waals surface area contributed by atoms with Gasteiger partial charge in [0.1, 0.15) is 0 Å². The van der Waals surface area contributed by atoms with Crippen molar-refractivity contribution in [2.75, 3.05) is 10.5 Å². The molecular formula is C10H9F3N4O2S. The second kappa shape index (κ2) is 4.71. The number of hydrogen-bond acceptors (Lipinski definition) is 4. The van der Waals surface area contributed by atoms with E-state index >= 15 is 0 Å². The molecule has 1 heterocycles. The van der Waals surface area contributed by atoms with Gasteiger partial charge in [0.05, 0.1) is 12.0 Å². The molecule has 20 heavy (non-hydrogen) atoms. The first-order valence-corrected chi connectivity index (χ1v) is 6.65. The van der Waals surface area contributed by atoms with Crippen LogP contribution in [0.4, 0.5) is 24.7 Å². The van der Waals surface area contributed by atoms with Crippen LogP contribution in [0.15, 0.2) is 23.5 Å². The summed E-state index contributed by atoms with van der Waals surface area (Å²) in [6.07, 6.45) is 1.14. The maximum absolute atomic E-state index is 13.4. The van der Waals surface area contributed by atoms with Gasteiger partial charge in [0.2, 0.25) is 0 Å². The lowest BCUT2D eigenvalue weighted by Gasteiger charge is -2.10. The summed E-state index contributed by atoms with van der Waals surface area (Å²) in [6.45, 7) is 0. The molecule has 1 aromatic heterocycles. The number of benzene rings is 1. The zero-order chi connectivity index (χ0) is 15.1. The minimum absolute atomic E-state index is 0.303. The highest BCUT2D eigenvalue weighted by Crippen LogP contribution is 2.24. The third kappa shape index (κ3) is 2.29. The third-order valence-corrected chi connectivity index (χ3v) is 3.94. The predicted molar refractivity (Wildman–Crippen MR) is 64.7 cm³/mol. The summed E-state index contributed by atoms with van der Waals surface area (Å²) in [5.41, 5.74) is 4.66. The zero-order valence-electron chi connectivity index (χ0n) is 10.1. The lowest BCUT2D eigenvalue weighted by Crippen LogP contribution is -2.18. The fourth-order valence-corrected chi connectivity index (χ4v) is 2.86. The number of sulfonamides is 1. The summed E-state index contributed by atoms with van der Waals surface area (Å²) >= 11 is 0. The van der Waals surface area contributed by atoms with E-state index in [2.05, 4.69) is 4.98 Å². The van der Waals surface area contributed by atoms with E-state index in [1.807, 2.05) is 0 Å². The van der Waals surface area contributed by atoms with Crippen LogP contribution in [0.3, 0.4) is 0 Å². The van der Waals surface area contributed by atoms with E-state index in [4.69, 9.17) is 5.73 Å². The highest BCUT2D eigenvalue weighted by atomic mass is 32.2. The molecule has 0 amide bonds. The highest BCUT2D eigenvalue weighted by Gasteiger charge is 2.25. The molecule has 0 aliphatic heterocycles. The van der Waals surface area contributed by atoms with Gasteiger partial charge in [-0.3, -0.25) is 4.72 Å². The van der Waals surface area contributed by atoms with Gasteiger partial charge in [-0.1, -0.05) is 0 Å². The topological polar surface area (TPSA) is 90.0 Å². The Morgan fingerprint density at radius 3 is 2.45 bits per heavy atom. The van der Waals surface area contributed by atoms with Gasteiger partial charge >= 0.3 is 0 Å². The number of nitrogens with one attached hydrogen (secondary N) is 1. The first kappa shape index (κ1) is 14.2. The Balaban J connectivity index is 2.47. The number of aromatic nitrogens is 2. The van der Waals surface area contributed by atoms with Gasteiger partial charge in [0.15, 0.2) is 28.3 Å². The number of imidazole rings is 1. The van der Waals surface area contributed by atoms with Crippen LogP contribution in [-0.4, -0.2) is 18.0 Å². The number of nitrogens with zero attached hydrogens (tertiary/aromatic N) is 2. The van der Waals surface area contributed by atoms with Crippen LogP contribution in [0.5, 0.6) is 0 Å². The van der Waals surface area contributed by atoms with Crippen molar-refractivity contribution in [2.45, 2.75) is 5.03 Å². The molecular weight excluding hydrogens is 297 g/mol. The van der Waals surface area contributed by atoms with E-state index < -0.39 is 38.2 Å². The zero-order valence-corrected chi connectivity index (χ0v) is 10.9. The standard InChI is InChI=1S/C10H9F3N4O2S/c1-17-4-15-9(14)10(17)20(18,19)16-6-3-2-5(11)7(12)8(6)13/h2-4,16H,14H2,1H3.